The molecule has 0 amide bonds. The van der Waals surface area contributed by atoms with Crippen molar-refractivity contribution in [3.05, 3.63) is 29.3 Å². The lowest BCUT2D eigenvalue weighted by Gasteiger charge is -2.34. The van der Waals surface area contributed by atoms with Crippen LogP contribution in [0.25, 0.3) is 0 Å². The zero-order chi connectivity index (χ0) is 12.0. The molecule has 0 saturated heterocycles. The minimum Gasteiger partial charge on any atom is -0.508 e. The number of halogens is 4. The second-order valence-corrected chi connectivity index (χ2v) is 3.96. The van der Waals surface area contributed by atoms with Crippen molar-refractivity contribution < 1.29 is 22.7 Å². The third-order valence-corrected chi connectivity index (χ3v) is 2.94. The van der Waals surface area contributed by atoms with Crippen molar-refractivity contribution in [1.82, 2.24) is 0 Å². The first kappa shape index (κ1) is 11.2. The molecule has 1 nitrogen and oxygen atoms in total. The molecule has 1 unspecified atom stereocenters. The van der Waals surface area contributed by atoms with Crippen LogP contribution in [0.3, 0.4) is 0 Å². The van der Waals surface area contributed by atoms with E-state index in [-0.39, 0.29) is 12.0 Å². The molecule has 5 heteroatoms. The Hall–Kier alpha value is -1.26. The lowest BCUT2D eigenvalue weighted by Crippen LogP contribution is -2.41. The number of alkyl halides is 4. The molecule has 1 atom stereocenters. The Kier molecular flexibility index (Phi) is 2.36. The van der Waals surface area contributed by atoms with Crippen LogP contribution in [-0.4, -0.2) is 11.3 Å². The van der Waals surface area contributed by atoms with Crippen LogP contribution in [-0.2, 0) is 12.1 Å². The summed E-state index contributed by atoms with van der Waals surface area (Å²) in [7, 11) is 0. The number of phenols is 1. The molecular formula is C11H10F4O. The Morgan fingerprint density at radius 3 is 2.56 bits per heavy atom. The normalized spacial score (nSPS) is 25.2. The molecule has 1 aromatic rings. The summed E-state index contributed by atoms with van der Waals surface area (Å²) in [6, 6.07) is 3.94. The van der Waals surface area contributed by atoms with Gasteiger partial charge in [0.05, 0.1) is 0 Å². The van der Waals surface area contributed by atoms with Gasteiger partial charge in [0.1, 0.15) is 5.75 Å². The molecule has 1 N–H and O–H groups in total. The van der Waals surface area contributed by atoms with Gasteiger partial charge in [-0.2, -0.15) is 13.2 Å². The minimum atomic E-state index is -4.99. The van der Waals surface area contributed by atoms with Crippen molar-refractivity contribution in [2.24, 2.45) is 0 Å². The molecule has 0 aliphatic heterocycles. The summed E-state index contributed by atoms with van der Waals surface area (Å²) in [6.07, 6.45) is -5.11. The maximum atomic E-state index is 14.0. The Morgan fingerprint density at radius 2 is 1.94 bits per heavy atom. The van der Waals surface area contributed by atoms with Gasteiger partial charge in [0, 0.05) is 5.56 Å². The van der Waals surface area contributed by atoms with Crippen LogP contribution in [0.5, 0.6) is 5.75 Å². The van der Waals surface area contributed by atoms with Crippen molar-refractivity contribution in [3.8, 4) is 5.75 Å². The number of benzene rings is 1. The van der Waals surface area contributed by atoms with Crippen molar-refractivity contribution >= 4 is 0 Å². The highest BCUT2D eigenvalue weighted by molar-refractivity contribution is 5.46. The summed E-state index contributed by atoms with van der Waals surface area (Å²) in [4.78, 5) is 0. The predicted molar refractivity (Wildman–Crippen MR) is 49.9 cm³/mol. The van der Waals surface area contributed by atoms with Gasteiger partial charge in [0.25, 0.3) is 0 Å². The van der Waals surface area contributed by atoms with Crippen molar-refractivity contribution in [3.63, 3.8) is 0 Å². The first-order chi connectivity index (χ1) is 7.36. The molecule has 88 valence electrons. The summed E-state index contributed by atoms with van der Waals surface area (Å²) < 4.78 is 52.1. The van der Waals surface area contributed by atoms with Gasteiger partial charge in [-0.25, -0.2) is 4.39 Å². The highest BCUT2D eigenvalue weighted by Gasteiger charge is 2.59. The third-order valence-electron chi connectivity index (χ3n) is 2.94. The fourth-order valence-corrected chi connectivity index (χ4v) is 2.18. The number of hydrogen-bond acceptors (Lipinski definition) is 1. The van der Waals surface area contributed by atoms with Crippen molar-refractivity contribution in [2.45, 2.75) is 31.1 Å². The number of rotatable bonds is 0. The Morgan fingerprint density at radius 1 is 1.25 bits per heavy atom. The smallest absolute Gasteiger partial charge is 0.426 e. The van der Waals surface area contributed by atoms with Gasteiger partial charge in [0.2, 0.25) is 5.67 Å². The van der Waals surface area contributed by atoms with E-state index < -0.39 is 29.6 Å². The van der Waals surface area contributed by atoms with E-state index in [0.29, 0.717) is 6.42 Å². The quantitative estimate of drug-likeness (QED) is 0.681. The SMILES string of the molecule is Oc1cccc2c1C(F)(C(F)(F)F)CCC2. The molecule has 1 aromatic carbocycles. The fraction of sp³-hybridized carbons (Fsp3) is 0.455. The lowest BCUT2D eigenvalue weighted by molar-refractivity contribution is -0.240. The summed E-state index contributed by atoms with van der Waals surface area (Å²) in [5.74, 6) is -0.614. The minimum absolute atomic E-state index is 0.131. The van der Waals surface area contributed by atoms with Gasteiger partial charge in [-0.05, 0) is 30.9 Å². The van der Waals surface area contributed by atoms with Gasteiger partial charge in [-0.3, -0.25) is 0 Å². The highest BCUT2D eigenvalue weighted by Crippen LogP contribution is 2.52. The van der Waals surface area contributed by atoms with E-state index >= 15 is 0 Å². The molecular weight excluding hydrogens is 224 g/mol. The molecule has 1 aliphatic carbocycles. The number of phenolic OH excluding ortho intramolecular Hbond substituents is 1. The predicted octanol–water partition coefficient (Wildman–Crippen LogP) is 3.46. The Labute approximate surface area is 89.7 Å². The lowest BCUT2D eigenvalue weighted by atomic mass is 9.79. The van der Waals surface area contributed by atoms with E-state index in [4.69, 9.17) is 0 Å². The van der Waals surface area contributed by atoms with E-state index in [1.54, 1.807) is 0 Å². The molecule has 0 radical (unpaired) electrons. The van der Waals surface area contributed by atoms with Gasteiger partial charge >= 0.3 is 6.18 Å². The van der Waals surface area contributed by atoms with Crippen molar-refractivity contribution in [2.75, 3.05) is 0 Å². The standard InChI is InChI=1S/C11H10F4O/c12-10(11(13,14)15)6-2-4-7-3-1-5-8(16)9(7)10/h1,3,5,16H,2,4,6H2. The summed E-state index contributed by atoms with van der Waals surface area (Å²) in [5.41, 5.74) is -3.77. The number of fused-ring (bicyclic) bond motifs is 1. The van der Waals surface area contributed by atoms with Crippen LogP contribution in [0.15, 0.2) is 18.2 Å². The number of aromatic hydroxyl groups is 1. The molecule has 0 fully saturated rings. The maximum Gasteiger partial charge on any atom is 0.426 e. The van der Waals surface area contributed by atoms with E-state index in [1.165, 1.54) is 12.1 Å². The second kappa shape index (κ2) is 3.37. The van der Waals surface area contributed by atoms with Crippen molar-refractivity contribution in [1.29, 1.82) is 0 Å². The average Bonchev–Trinajstić information content (AvgIpc) is 2.16. The summed E-state index contributed by atoms with van der Waals surface area (Å²) in [6.45, 7) is 0. The average molecular weight is 234 g/mol. The molecule has 1 aliphatic rings. The third kappa shape index (κ3) is 1.45. The molecule has 0 bridgehead atoms. The van der Waals surface area contributed by atoms with Crippen LogP contribution in [0.2, 0.25) is 0 Å². The number of hydrogen-bond donors (Lipinski definition) is 1. The first-order valence-corrected chi connectivity index (χ1v) is 4.93. The zero-order valence-electron chi connectivity index (χ0n) is 8.31. The van der Waals surface area contributed by atoms with Crippen LogP contribution in [0, 0.1) is 0 Å². The molecule has 0 saturated carbocycles. The molecule has 16 heavy (non-hydrogen) atoms. The van der Waals surface area contributed by atoms with E-state index in [1.807, 2.05) is 0 Å². The van der Waals surface area contributed by atoms with Gasteiger partial charge < -0.3 is 5.11 Å². The highest BCUT2D eigenvalue weighted by atomic mass is 19.4. The fourth-order valence-electron chi connectivity index (χ4n) is 2.18. The van der Waals surface area contributed by atoms with E-state index in [2.05, 4.69) is 0 Å². The Balaban J connectivity index is 2.64. The summed E-state index contributed by atoms with van der Waals surface area (Å²) in [5, 5.41) is 9.42. The van der Waals surface area contributed by atoms with Crippen LogP contribution in [0.4, 0.5) is 17.6 Å². The molecule has 0 spiro atoms. The van der Waals surface area contributed by atoms with Gasteiger partial charge in [0.15, 0.2) is 0 Å². The maximum absolute atomic E-state index is 14.0. The summed E-state index contributed by atoms with van der Waals surface area (Å²) >= 11 is 0. The van der Waals surface area contributed by atoms with E-state index in [9.17, 15) is 22.7 Å². The van der Waals surface area contributed by atoms with E-state index in [0.717, 1.165) is 6.07 Å². The number of aryl methyl sites for hydroxylation is 1. The molecule has 2 rings (SSSR count). The largest absolute Gasteiger partial charge is 0.508 e. The molecule has 0 heterocycles. The zero-order valence-corrected chi connectivity index (χ0v) is 8.31. The molecule has 0 aromatic heterocycles. The monoisotopic (exact) mass is 234 g/mol. The second-order valence-electron chi connectivity index (χ2n) is 3.96. The van der Waals surface area contributed by atoms with Gasteiger partial charge in [-0.1, -0.05) is 12.1 Å². The van der Waals surface area contributed by atoms with Crippen LogP contribution >= 0.6 is 0 Å². The first-order valence-electron chi connectivity index (χ1n) is 4.93. The van der Waals surface area contributed by atoms with Gasteiger partial charge in [-0.15, -0.1) is 0 Å². The van der Waals surface area contributed by atoms with Crippen LogP contribution < -0.4 is 0 Å². The van der Waals surface area contributed by atoms with Crippen LogP contribution in [0.1, 0.15) is 24.0 Å². The Bertz CT molecular complexity index is 413. The topological polar surface area (TPSA) is 20.2 Å².